The fourth-order valence-electron chi connectivity index (χ4n) is 3.86. The van der Waals surface area contributed by atoms with Crippen LogP contribution in [-0.4, -0.2) is 39.8 Å². The minimum atomic E-state index is -0.621. The number of nitrogens with one attached hydrogen (secondary N) is 2. The average molecular weight is 415 g/mol. The van der Waals surface area contributed by atoms with Crippen LogP contribution in [0.25, 0.3) is 11.4 Å². The van der Waals surface area contributed by atoms with Gasteiger partial charge in [0.2, 0.25) is 17.6 Å². The molecule has 0 aliphatic carbocycles. The molecule has 30 heavy (non-hydrogen) atoms. The lowest BCUT2D eigenvalue weighted by Crippen LogP contribution is -2.46. The van der Waals surface area contributed by atoms with E-state index in [4.69, 9.17) is 4.52 Å². The Kier molecular flexibility index (Phi) is 8.39. The third-order valence-electron chi connectivity index (χ3n) is 5.73. The van der Waals surface area contributed by atoms with E-state index in [-0.39, 0.29) is 11.9 Å². The number of aliphatic hydroxyl groups excluding tert-OH is 1. The van der Waals surface area contributed by atoms with Gasteiger partial charge in [0.05, 0.1) is 12.1 Å². The van der Waals surface area contributed by atoms with Crippen LogP contribution in [0.5, 0.6) is 0 Å². The van der Waals surface area contributed by atoms with Crippen molar-refractivity contribution >= 4 is 5.91 Å². The molecule has 0 unspecified atom stereocenters. The number of aromatic nitrogens is 2. The van der Waals surface area contributed by atoms with Crippen LogP contribution in [0, 0.1) is 0 Å². The molecule has 1 aliphatic heterocycles. The van der Waals surface area contributed by atoms with Crippen LogP contribution >= 0.6 is 0 Å². The van der Waals surface area contributed by atoms with Gasteiger partial charge in [-0.05, 0) is 31.4 Å². The highest BCUT2D eigenvalue weighted by Gasteiger charge is 2.32. The smallest absolute Gasteiger partial charge is 0.240 e. The number of nitrogens with zero attached hydrogens (tertiary/aromatic N) is 2. The lowest BCUT2D eigenvalue weighted by Gasteiger charge is -2.21. The summed E-state index contributed by atoms with van der Waals surface area (Å²) in [6.07, 6.45) is 7.60. The SMILES string of the molecule is CCCCCCCc1nc(-c2ccc([C@H](CC)NC(=O)[C@H]3NCC[C@@H]3O)cc2)no1. The van der Waals surface area contributed by atoms with Crippen LogP contribution in [0.3, 0.4) is 0 Å². The zero-order valence-electron chi connectivity index (χ0n) is 18.1. The molecule has 0 radical (unpaired) electrons. The van der Waals surface area contributed by atoms with Crippen LogP contribution in [0.2, 0.25) is 0 Å². The second-order valence-electron chi connectivity index (χ2n) is 8.06. The summed E-state index contributed by atoms with van der Waals surface area (Å²) in [7, 11) is 0. The molecule has 7 heteroatoms. The van der Waals surface area contributed by atoms with Crippen molar-refractivity contribution in [1.82, 2.24) is 20.8 Å². The second kappa shape index (κ2) is 11.2. The molecule has 2 aromatic rings. The summed E-state index contributed by atoms with van der Waals surface area (Å²) in [4.78, 5) is 17.0. The quantitative estimate of drug-likeness (QED) is 0.486. The maximum absolute atomic E-state index is 12.5. The maximum atomic E-state index is 12.5. The number of aryl methyl sites for hydroxylation is 1. The Labute approximate surface area is 178 Å². The minimum absolute atomic E-state index is 0.106. The average Bonchev–Trinajstić information content (AvgIpc) is 3.41. The molecule has 3 rings (SSSR count). The number of aliphatic hydroxyl groups is 1. The van der Waals surface area contributed by atoms with E-state index in [2.05, 4.69) is 27.7 Å². The van der Waals surface area contributed by atoms with Gasteiger partial charge in [-0.1, -0.05) is 69.0 Å². The van der Waals surface area contributed by atoms with Crippen LogP contribution in [0.15, 0.2) is 28.8 Å². The van der Waals surface area contributed by atoms with E-state index in [9.17, 15) is 9.90 Å². The van der Waals surface area contributed by atoms with E-state index in [0.29, 0.717) is 24.7 Å². The third kappa shape index (κ3) is 5.89. The molecular weight excluding hydrogens is 380 g/mol. The van der Waals surface area contributed by atoms with Crippen molar-refractivity contribution < 1.29 is 14.4 Å². The normalized spacial score (nSPS) is 19.7. The Morgan fingerprint density at radius 3 is 2.67 bits per heavy atom. The van der Waals surface area contributed by atoms with E-state index >= 15 is 0 Å². The number of hydrogen-bond donors (Lipinski definition) is 3. The Hall–Kier alpha value is -2.25. The molecule has 2 heterocycles. The zero-order chi connectivity index (χ0) is 21.3. The molecule has 1 aromatic heterocycles. The highest BCUT2D eigenvalue weighted by Crippen LogP contribution is 2.23. The highest BCUT2D eigenvalue weighted by atomic mass is 16.5. The van der Waals surface area contributed by atoms with Gasteiger partial charge in [-0.25, -0.2) is 0 Å². The van der Waals surface area contributed by atoms with Gasteiger partial charge in [-0.3, -0.25) is 4.79 Å². The van der Waals surface area contributed by atoms with E-state index in [0.717, 1.165) is 30.4 Å². The first kappa shape index (κ1) is 22.4. The first-order valence-electron chi connectivity index (χ1n) is 11.3. The number of carbonyl (C=O) groups is 1. The van der Waals surface area contributed by atoms with Crippen LogP contribution < -0.4 is 10.6 Å². The largest absolute Gasteiger partial charge is 0.391 e. The first-order valence-corrected chi connectivity index (χ1v) is 11.3. The molecule has 1 saturated heterocycles. The van der Waals surface area contributed by atoms with E-state index in [1.807, 2.05) is 31.2 Å². The van der Waals surface area contributed by atoms with Crippen molar-refractivity contribution in [3.8, 4) is 11.4 Å². The lowest BCUT2D eigenvalue weighted by molar-refractivity contribution is -0.125. The van der Waals surface area contributed by atoms with Gasteiger partial charge in [-0.15, -0.1) is 0 Å². The molecule has 164 valence electrons. The van der Waals surface area contributed by atoms with Gasteiger partial charge < -0.3 is 20.3 Å². The monoisotopic (exact) mass is 414 g/mol. The fourth-order valence-corrected chi connectivity index (χ4v) is 3.86. The summed E-state index contributed by atoms with van der Waals surface area (Å²) in [5.74, 6) is 1.13. The summed E-state index contributed by atoms with van der Waals surface area (Å²) in [6.45, 7) is 4.91. The standard InChI is InChI=1S/C23H34N4O3/c1-3-5-6-7-8-9-20-26-22(27-30-20)17-12-10-16(11-13-17)18(4-2)25-23(29)21-19(28)14-15-24-21/h10-13,18-19,21,24,28H,3-9,14-15H2,1-2H3,(H,25,29)/t18-,19-,21-/m0/s1. The number of benzene rings is 1. The molecule has 0 saturated carbocycles. The molecule has 3 N–H and O–H groups in total. The third-order valence-corrected chi connectivity index (χ3v) is 5.73. The Bertz CT molecular complexity index is 790. The molecule has 7 nitrogen and oxygen atoms in total. The number of rotatable bonds is 11. The molecule has 1 aliphatic rings. The Morgan fingerprint density at radius 1 is 1.23 bits per heavy atom. The highest BCUT2D eigenvalue weighted by molar-refractivity contribution is 5.83. The predicted molar refractivity (Wildman–Crippen MR) is 116 cm³/mol. The topological polar surface area (TPSA) is 100 Å². The van der Waals surface area contributed by atoms with Crippen molar-refractivity contribution in [1.29, 1.82) is 0 Å². The first-order chi connectivity index (χ1) is 14.6. The van der Waals surface area contributed by atoms with Crippen LogP contribution in [-0.2, 0) is 11.2 Å². The van der Waals surface area contributed by atoms with E-state index in [1.165, 1.54) is 25.7 Å². The molecule has 0 spiro atoms. The Balaban J connectivity index is 1.56. The van der Waals surface area contributed by atoms with E-state index in [1.54, 1.807) is 0 Å². The number of unbranched alkanes of at least 4 members (excludes halogenated alkanes) is 4. The molecule has 0 bridgehead atoms. The van der Waals surface area contributed by atoms with Crippen molar-refractivity contribution in [3.63, 3.8) is 0 Å². The van der Waals surface area contributed by atoms with Gasteiger partial charge in [0.25, 0.3) is 0 Å². The number of carbonyl (C=O) groups excluding carboxylic acids is 1. The summed E-state index contributed by atoms with van der Waals surface area (Å²) in [5, 5.41) is 20.1. The lowest BCUT2D eigenvalue weighted by atomic mass is 10.0. The van der Waals surface area contributed by atoms with Crippen molar-refractivity contribution in [2.24, 2.45) is 0 Å². The summed E-state index contributed by atoms with van der Waals surface area (Å²) in [5.41, 5.74) is 1.91. The second-order valence-corrected chi connectivity index (χ2v) is 8.06. The minimum Gasteiger partial charge on any atom is -0.391 e. The van der Waals surface area contributed by atoms with Crippen LogP contribution in [0.1, 0.15) is 76.3 Å². The van der Waals surface area contributed by atoms with Gasteiger partial charge in [-0.2, -0.15) is 4.98 Å². The van der Waals surface area contributed by atoms with Crippen molar-refractivity contribution in [3.05, 3.63) is 35.7 Å². The predicted octanol–water partition coefficient (Wildman–Crippen LogP) is 3.54. The fraction of sp³-hybridized carbons (Fsp3) is 0.609. The molecule has 1 amide bonds. The summed E-state index contributed by atoms with van der Waals surface area (Å²) in [6, 6.07) is 7.26. The van der Waals surface area contributed by atoms with Gasteiger partial charge in [0.1, 0.15) is 6.04 Å². The maximum Gasteiger partial charge on any atom is 0.240 e. The zero-order valence-corrected chi connectivity index (χ0v) is 18.1. The number of hydrogen-bond acceptors (Lipinski definition) is 6. The summed E-state index contributed by atoms with van der Waals surface area (Å²) >= 11 is 0. The summed E-state index contributed by atoms with van der Waals surface area (Å²) < 4.78 is 5.40. The van der Waals surface area contributed by atoms with Crippen LogP contribution in [0.4, 0.5) is 0 Å². The Morgan fingerprint density at radius 2 is 2.00 bits per heavy atom. The van der Waals surface area contributed by atoms with Gasteiger partial charge in [0, 0.05) is 12.0 Å². The van der Waals surface area contributed by atoms with E-state index < -0.39 is 12.1 Å². The van der Waals surface area contributed by atoms with Gasteiger partial charge >= 0.3 is 0 Å². The number of amides is 1. The molecule has 1 aromatic carbocycles. The molecular formula is C23H34N4O3. The molecule has 1 fully saturated rings. The van der Waals surface area contributed by atoms with Crippen molar-refractivity contribution in [2.45, 2.75) is 83.4 Å². The van der Waals surface area contributed by atoms with Crippen molar-refractivity contribution in [2.75, 3.05) is 6.54 Å². The van der Waals surface area contributed by atoms with Gasteiger partial charge in [0.15, 0.2) is 0 Å². The molecule has 3 atom stereocenters.